The van der Waals surface area contributed by atoms with Crippen LogP contribution in [0.2, 0.25) is 0 Å². The highest BCUT2D eigenvalue weighted by molar-refractivity contribution is 7.79. The third-order valence-corrected chi connectivity index (χ3v) is 1.18. The maximum absolute atomic E-state index is 10.5. The molecule has 0 fully saturated rings. The van der Waals surface area contributed by atoms with Gasteiger partial charge in [-0.15, -0.1) is 0 Å². The third kappa shape index (κ3) is 0.790. The van der Waals surface area contributed by atoms with Crippen molar-refractivity contribution in [2.75, 3.05) is 0 Å². The number of rotatable bonds is 1. The Morgan fingerprint density at radius 2 is 2.62 bits per heavy atom. The third-order valence-electron chi connectivity index (χ3n) is 0.875. The summed E-state index contributed by atoms with van der Waals surface area (Å²) in [5.74, 6) is 0.433. The summed E-state index contributed by atoms with van der Waals surface area (Å²) in [5.41, 5.74) is -0.111. The van der Waals surface area contributed by atoms with Gasteiger partial charge in [0.15, 0.2) is 0 Å². The van der Waals surface area contributed by atoms with Gasteiger partial charge in [-0.25, -0.2) is 4.79 Å². The van der Waals surface area contributed by atoms with E-state index in [0.29, 0.717) is 5.88 Å². The Hall–Kier alpha value is -0.640. The Labute approximate surface area is 51.8 Å². The van der Waals surface area contributed by atoms with Crippen molar-refractivity contribution in [3.05, 3.63) is 22.9 Å². The monoisotopic (exact) mass is 130 g/mol. The molecule has 3 nitrogen and oxygen atoms in total. The number of aromatic amines is 1. The molecule has 0 aliphatic heterocycles. The zero-order valence-corrected chi connectivity index (χ0v) is 5.06. The first kappa shape index (κ1) is 5.50. The second-order valence-corrected chi connectivity index (χ2v) is 1.66. The summed E-state index contributed by atoms with van der Waals surface area (Å²) < 4.78 is 1.46. The molecule has 0 aromatic carbocycles. The predicted octanol–water partition coefficient (Wildman–Crippen LogP) is 0.0637. The maximum atomic E-state index is 10.5. The topological polar surface area (TPSA) is 37.8 Å². The van der Waals surface area contributed by atoms with Crippen molar-refractivity contribution in [1.82, 2.24) is 9.55 Å². The van der Waals surface area contributed by atoms with E-state index >= 15 is 0 Å². The normalized spacial score (nSPS) is 9.62. The van der Waals surface area contributed by atoms with E-state index < -0.39 is 0 Å². The molecule has 0 aliphatic carbocycles. The lowest BCUT2D eigenvalue weighted by molar-refractivity contribution is 0.846. The molecule has 4 heteroatoms. The number of hydrogen-bond acceptors (Lipinski definition) is 2. The fourth-order valence-corrected chi connectivity index (χ4v) is 0.683. The van der Waals surface area contributed by atoms with Crippen molar-refractivity contribution in [1.29, 1.82) is 0 Å². The van der Waals surface area contributed by atoms with E-state index in [-0.39, 0.29) is 5.69 Å². The van der Waals surface area contributed by atoms with E-state index in [1.165, 1.54) is 4.57 Å². The molecule has 0 amide bonds. The first-order chi connectivity index (χ1) is 3.84. The number of aromatic nitrogens is 2. The average Bonchev–Trinajstić information content (AvgIpc) is 2.14. The molecule has 1 aromatic rings. The van der Waals surface area contributed by atoms with Crippen LogP contribution in [0.3, 0.4) is 0 Å². The zero-order valence-electron chi connectivity index (χ0n) is 4.16. The quantitative estimate of drug-likeness (QED) is 0.518. The first-order valence-corrected chi connectivity index (χ1v) is 2.82. The zero-order chi connectivity index (χ0) is 5.98. The van der Waals surface area contributed by atoms with Crippen LogP contribution in [-0.2, 0) is 5.88 Å². The molecule has 1 N–H and O–H groups in total. The molecule has 0 saturated heterocycles. The van der Waals surface area contributed by atoms with Gasteiger partial charge in [-0.2, -0.15) is 12.6 Å². The fraction of sp³-hybridized carbons (Fsp3) is 0.250. The Morgan fingerprint density at radius 1 is 1.88 bits per heavy atom. The minimum Gasteiger partial charge on any atom is -0.313 e. The van der Waals surface area contributed by atoms with E-state index in [1.807, 2.05) is 0 Å². The van der Waals surface area contributed by atoms with Crippen molar-refractivity contribution >= 4 is 12.6 Å². The van der Waals surface area contributed by atoms with Gasteiger partial charge in [0.1, 0.15) is 0 Å². The summed E-state index contributed by atoms with van der Waals surface area (Å²) >= 11 is 3.89. The molecule has 1 rings (SSSR count). The summed E-state index contributed by atoms with van der Waals surface area (Å²) in [6.45, 7) is 0. The fourth-order valence-electron chi connectivity index (χ4n) is 0.461. The number of hydrogen-bond donors (Lipinski definition) is 2. The van der Waals surface area contributed by atoms with Crippen molar-refractivity contribution < 1.29 is 0 Å². The van der Waals surface area contributed by atoms with Gasteiger partial charge < -0.3 is 4.98 Å². The lowest BCUT2D eigenvalue weighted by Gasteiger charge is -1.86. The van der Waals surface area contributed by atoms with Crippen molar-refractivity contribution in [2.24, 2.45) is 0 Å². The molecule has 0 spiro atoms. The van der Waals surface area contributed by atoms with Crippen LogP contribution < -0.4 is 5.69 Å². The summed E-state index contributed by atoms with van der Waals surface area (Å²) in [6.07, 6.45) is 3.23. The molecule has 8 heavy (non-hydrogen) atoms. The maximum Gasteiger partial charge on any atom is 0.326 e. The van der Waals surface area contributed by atoms with E-state index in [2.05, 4.69) is 17.6 Å². The van der Waals surface area contributed by atoms with Crippen LogP contribution in [0.25, 0.3) is 0 Å². The first-order valence-electron chi connectivity index (χ1n) is 2.19. The second kappa shape index (κ2) is 2.09. The van der Waals surface area contributed by atoms with Crippen LogP contribution in [0.1, 0.15) is 0 Å². The Bertz CT molecular complexity index is 214. The smallest absolute Gasteiger partial charge is 0.313 e. The number of nitrogens with one attached hydrogen (secondary N) is 1. The molecule has 44 valence electrons. The predicted molar refractivity (Wildman–Crippen MR) is 34.0 cm³/mol. The number of imidazole rings is 1. The lowest BCUT2D eigenvalue weighted by Crippen LogP contribution is -2.13. The molecule has 0 aliphatic rings. The van der Waals surface area contributed by atoms with Gasteiger partial charge in [-0.05, 0) is 0 Å². The van der Waals surface area contributed by atoms with Gasteiger partial charge in [0.2, 0.25) is 0 Å². The molecule has 0 unspecified atom stereocenters. The van der Waals surface area contributed by atoms with Crippen LogP contribution in [-0.4, -0.2) is 9.55 Å². The Morgan fingerprint density at radius 3 is 2.88 bits per heavy atom. The second-order valence-electron chi connectivity index (χ2n) is 1.38. The number of nitrogens with zero attached hydrogens (tertiary/aromatic N) is 1. The Kier molecular flexibility index (Phi) is 1.43. The molecule has 0 saturated carbocycles. The van der Waals surface area contributed by atoms with Gasteiger partial charge >= 0.3 is 5.69 Å². The van der Waals surface area contributed by atoms with Crippen LogP contribution in [0, 0.1) is 0 Å². The molecule has 1 aromatic heterocycles. The molecule has 0 radical (unpaired) electrons. The van der Waals surface area contributed by atoms with Crippen molar-refractivity contribution in [2.45, 2.75) is 5.88 Å². The van der Waals surface area contributed by atoms with Gasteiger partial charge in [-0.1, -0.05) is 0 Å². The molecular weight excluding hydrogens is 124 g/mol. The van der Waals surface area contributed by atoms with Crippen molar-refractivity contribution in [3.63, 3.8) is 0 Å². The lowest BCUT2D eigenvalue weighted by atomic mass is 10.9. The largest absolute Gasteiger partial charge is 0.326 e. The van der Waals surface area contributed by atoms with Gasteiger partial charge in [0.05, 0.1) is 5.88 Å². The van der Waals surface area contributed by atoms with E-state index in [4.69, 9.17) is 0 Å². The SMILES string of the molecule is O=c1[nH]ccn1CS. The molecule has 0 bridgehead atoms. The standard InChI is InChI=1S/C4H6N2OS/c7-4-5-1-2-6(4)3-8/h1-2,8H,3H2,(H,5,7). The van der Waals surface area contributed by atoms with E-state index in [9.17, 15) is 4.79 Å². The summed E-state index contributed by atoms with van der Waals surface area (Å²) in [5, 5.41) is 0. The van der Waals surface area contributed by atoms with Gasteiger partial charge in [0, 0.05) is 12.4 Å². The van der Waals surface area contributed by atoms with Crippen LogP contribution in [0.4, 0.5) is 0 Å². The van der Waals surface area contributed by atoms with Crippen LogP contribution in [0.15, 0.2) is 17.2 Å². The molecule has 0 atom stereocenters. The average molecular weight is 130 g/mol. The number of thiol groups is 1. The highest BCUT2D eigenvalue weighted by atomic mass is 32.1. The molecule has 1 heterocycles. The van der Waals surface area contributed by atoms with Crippen LogP contribution >= 0.6 is 12.6 Å². The highest BCUT2D eigenvalue weighted by Crippen LogP contribution is 1.79. The van der Waals surface area contributed by atoms with E-state index in [0.717, 1.165) is 0 Å². The summed E-state index contributed by atoms with van der Waals surface area (Å²) in [4.78, 5) is 13.0. The van der Waals surface area contributed by atoms with E-state index in [1.54, 1.807) is 12.4 Å². The van der Waals surface area contributed by atoms with Gasteiger partial charge in [-0.3, -0.25) is 4.57 Å². The molecular formula is C4H6N2OS. The highest BCUT2D eigenvalue weighted by Gasteiger charge is 1.87. The summed E-state index contributed by atoms with van der Waals surface area (Å²) in [7, 11) is 0. The van der Waals surface area contributed by atoms with Crippen LogP contribution in [0.5, 0.6) is 0 Å². The Balaban J connectivity index is 3.11. The van der Waals surface area contributed by atoms with Gasteiger partial charge in [0.25, 0.3) is 0 Å². The minimum absolute atomic E-state index is 0.111. The minimum atomic E-state index is -0.111. The summed E-state index contributed by atoms with van der Waals surface area (Å²) in [6, 6.07) is 0. The number of H-pyrrole nitrogens is 1. The van der Waals surface area contributed by atoms with Crippen molar-refractivity contribution in [3.8, 4) is 0 Å².